The van der Waals surface area contributed by atoms with Crippen LogP contribution in [0.2, 0.25) is 0 Å². The number of furan rings is 1. The van der Waals surface area contributed by atoms with E-state index in [1.165, 1.54) is 6.33 Å². The number of aromatic nitrogens is 2. The summed E-state index contributed by atoms with van der Waals surface area (Å²) in [6, 6.07) is 4.06. The lowest BCUT2D eigenvalue weighted by atomic mass is 10.1. The molecule has 0 bridgehead atoms. The Morgan fingerprint density at radius 3 is 2.50 bits per heavy atom. The van der Waals surface area contributed by atoms with Crippen LogP contribution in [0.3, 0.4) is 0 Å². The van der Waals surface area contributed by atoms with Gasteiger partial charge >= 0.3 is 0 Å². The Hall–Kier alpha value is -2.04. The van der Waals surface area contributed by atoms with Gasteiger partial charge in [-0.15, -0.1) is 0 Å². The third-order valence-corrected chi connectivity index (χ3v) is 2.83. The van der Waals surface area contributed by atoms with E-state index in [0.29, 0.717) is 0 Å². The number of rotatable bonds is 4. The summed E-state index contributed by atoms with van der Waals surface area (Å²) in [5.74, 6) is 3.45. The molecule has 2 rings (SSSR count). The maximum Gasteiger partial charge on any atom is 0.131 e. The average molecular weight is 246 g/mol. The standard InChI is InChI=1S/C13H18N4O/c1-8-5-11(10(3)18-8)9(2)17-13-6-12(14-4)15-7-16-13/h5-7,9H,1-4H3,(H2,14,15,16,17). The summed E-state index contributed by atoms with van der Waals surface area (Å²) in [5.41, 5.74) is 1.15. The van der Waals surface area contributed by atoms with E-state index in [1.807, 2.05) is 33.0 Å². The van der Waals surface area contributed by atoms with Crippen LogP contribution >= 0.6 is 0 Å². The Labute approximate surface area is 107 Å². The second-order valence-corrected chi connectivity index (χ2v) is 4.27. The van der Waals surface area contributed by atoms with Gasteiger partial charge in [0.2, 0.25) is 0 Å². The summed E-state index contributed by atoms with van der Waals surface area (Å²) in [7, 11) is 1.83. The van der Waals surface area contributed by atoms with Crippen molar-refractivity contribution in [2.75, 3.05) is 17.7 Å². The summed E-state index contributed by atoms with van der Waals surface area (Å²) >= 11 is 0. The Morgan fingerprint density at radius 2 is 1.89 bits per heavy atom. The molecule has 0 spiro atoms. The predicted octanol–water partition coefficient (Wildman–Crippen LogP) is 2.90. The number of anilines is 2. The van der Waals surface area contributed by atoms with Crippen molar-refractivity contribution in [2.45, 2.75) is 26.8 Å². The van der Waals surface area contributed by atoms with E-state index in [2.05, 4.69) is 27.5 Å². The lowest BCUT2D eigenvalue weighted by Gasteiger charge is -2.14. The van der Waals surface area contributed by atoms with Gasteiger partial charge in [0.25, 0.3) is 0 Å². The quantitative estimate of drug-likeness (QED) is 0.868. The smallest absolute Gasteiger partial charge is 0.131 e. The second-order valence-electron chi connectivity index (χ2n) is 4.27. The first-order valence-electron chi connectivity index (χ1n) is 5.93. The molecule has 0 radical (unpaired) electrons. The van der Waals surface area contributed by atoms with Crippen LogP contribution < -0.4 is 10.6 Å². The van der Waals surface area contributed by atoms with Crippen molar-refractivity contribution >= 4 is 11.6 Å². The first-order valence-corrected chi connectivity index (χ1v) is 5.93. The molecule has 1 unspecified atom stereocenters. The third kappa shape index (κ3) is 2.61. The molecule has 0 aromatic carbocycles. The Balaban J connectivity index is 2.15. The van der Waals surface area contributed by atoms with Gasteiger partial charge in [-0.25, -0.2) is 9.97 Å². The fourth-order valence-corrected chi connectivity index (χ4v) is 1.95. The SMILES string of the molecule is CNc1cc(NC(C)c2cc(C)oc2C)ncn1. The van der Waals surface area contributed by atoms with Crippen LogP contribution in [0, 0.1) is 13.8 Å². The minimum Gasteiger partial charge on any atom is -0.466 e. The summed E-state index contributed by atoms with van der Waals surface area (Å²) in [6.45, 7) is 6.00. The molecule has 0 aliphatic carbocycles. The molecular formula is C13H18N4O. The van der Waals surface area contributed by atoms with E-state index in [9.17, 15) is 0 Å². The first-order chi connectivity index (χ1) is 8.60. The van der Waals surface area contributed by atoms with Crippen molar-refractivity contribution in [1.29, 1.82) is 0 Å². The molecular weight excluding hydrogens is 228 g/mol. The highest BCUT2D eigenvalue weighted by Crippen LogP contribution is 2.24. The number of hydrogen-bond acceptors (Lipinski definition) is 5. The van der Waals surface area contributed by atoms with Crippen molar-refractivity contribution in [2.24, 2.45) is 0 Å². The second kappa shape index (κ2) is 5.08. The summed E-state index contributed by atoms with van der Waals surface area (Å²) in [5, 5.41) is 6.32. The van der Waals surface area contributed by atoms with Gasteiger partial charge in [0.1, 0.15) is 29.5 Å². The van der Waals surface area contributed by atoms with Crippen molar-refractivity contribution in [3.05, 3.63) is 35.5 Å². The van der Waals surface area contributed by atoms with Crippen molar-refractivity contribution in [3.63, 3.8) is 0 Å². The molecule has 0 fully saturated rings. The van der Waals surface area contributed by atoms with Gasteiger partial charge in [-0.2, -0.15) is 0 Å². The van der Waals surface area contributed by atoms with Gasteiger partial charge in [0.15, 0.2) is 0 Å². The molecule has 5 nitrogen and oxygen atoms in total. The normalized spacial score (nSPS) is 12.2. The Kier molecular flexibility index (Phi) is 3.50. The Morgan fingerprint density at radius 1 is 1.17 bits per heavy atom. The fraction of sp³-hybridized carbons (Fsp3) is 0.385. The van der Waals surface area contributed by atoms with Crippen molar-refractivity contribution < 1.29 is 4.42 Å². The van der Waals surface area contributed by atoms with Gasteiger partial charge in [-0.1, -0.05) is 0 Å². The lowest BCUT2D eigenvalue weighted by Crippen LogP contribution is -2.08. The number of nitrogens with one attached hydrogen (secondary N) is 2. The van der Waals surface area contributed by atoms with Gasteiger partial charge in [0, 0.05) is 18.7 Å². The molecule has 2 aromatic rings. The van der Waals surface area contributed by atoms with Crippen LogP contribution in [0.4, 0.5) is 11.6 Å². The minimum atomic E-state index is 0.141. The fourth-order valence-electron chi connectivity index (χ4n) is 1.95. The number of hydrogen-bond donors (Lipinski definition) is 2. The molecule has 2 heterocycles. The van der Waals surface area contributed by atoms with Gasteiger partial charge in [-0.3, -0.25) is 0 Å². The monoisotopic (exact) mass is 246 g/mol. The lowest BCUT2D eigenvalue weighted by molar-refractivity contribution is 0.500. The van der Waals surface area contributed by atoms with Crippen LogP contribution in [-0.4, -0.2) is 17.0 Å². The first kappa shape index (κ1) is 12.4. The highest BCUT2D eigenvalue weighted by molar-refractivity contribution is 5.47. The van der Waals surface area contributed by atoms with Gasteiger partial charge in [-0.05, 0) is 26.8 Å². The van der Waals surface area contributed by atoms with E-state index in [1.54, 1.807) is 0 Å². The van der Waals surface area contributed by atoms with Crippen LogP contribution in [0.25, 0.3) is 0 Å². The van der Waals surface area contributed by atoms with Gasteiger partial charge < -0.3 is 15.1 Å². The molecule has 2 aromatic heterocycles. The zero-order valence-corrected chi connectivity index (χ0v) is 11.1. The minimum absolute atomic E-state index is 0.141. The molecule has 5 heteroatoms. The van der Waals surface area contributed by atoms with Crippen LogP contribution in [0.5, 0.6) is 0 Å². The topological polar surface area (TPSA) is 63.0 Å². The van der Waals surface area contributed by atoms with Crippen molar-refractivity contribution in [3.8, 4) is 0 Å². The van der Waals surface area contributed by atoms with E-state index >= 15 is 0 Å². The van der Waals surface area contributed by atoms with E-state index in [4.69, 9.17) is 4.42 Å². The van der Waals surface area contributed by atoms with E-state index in [-0.39, 0.29) is 6.04 Å². The zero-order valence-electron chi connectivity index (χ0n) is 11.1. The van der Waals surface area contributed by atoms with Crippen molar-refractivity contribution in [1.82, 2.24) is 9.97 Å². The van der Waals surface area contributed by atoms with Crippen LogP contribution in [-0.2, 0) is 0 Å². The molecule has 96 valence electrons. The molecule has 0 saturated carbocycles. The Bertz CT molecular complexity index is 536. The zero-order chi connectivity index (χ0) is 13.1. The molecule has 1 atom stereocenters. The van der Waals surface area contributed by atoms with E-state index < -0.39 is 0 Å². The van der Waals surface area contributed by atoms with Gasteiger partial charge in [0.05, 0.1) is 6.04 Å². The summed E-state index contributed by atoms with van der Waals surface area (Å²) in [6.07, 6.45) is 1.54. The molecule has 2 N–H and O–H groups in total. The third-order valence-electron chi connectivity index (χ3n) is 2.83. The highest BCUT2D eigenvalue weighted by atomic mass is 16.3. The summed E-state index contributed by atoms with van der Waals surface area (Å²) < 4.78 is 5.53. The molecule has 18 heavy (non-hydrogen) atoms. The van der Waals surface area contributed by atoms with Crippen LogP contribution in [0.1, 0.15) is 30.0 Å². The molecule has 0 amide bonds. The maximum absolute atomic E-state index is 5.53. The van der Waals surface area contributed by atoms with E-state index in [0.717, 1.165) is 28.7 Å². The predicted molar refractivity (Wildman–Crippen MR) is 71.8 cm³/mol. The summed E-state index contributed by atoms with van der Waals surface area (Å²) in [4.78, 5) is 8.28. The highest BCUT2D eigenvalue weighted by Gasteiger charge is 2.13. The number of nitrogens with zero attached hydrogens (tertiary/aromatic N) is 2. The maximum atomic E-state index is 5.53. The largest absolute Gasteiger partial charge is 0.466 e. The molecule has 0 aliphatic rings. The van der Waals surface area contributed by atoms with Crippen LogP contribution in [0.15, 0.2) is 22.9 Å². The number of aryl methyl sites for hydroxylation is 2. The average Bonchev–Trinajstić information content (AvgIpc) is 2.69. The molecule has 0 saturated heterocycles. The molecule has 0 aliphatic heterocycles.